The van der Waals surface area contributed by atoms with Crippen LogP contribution in [0.1, 0.15) is 12.8 Å². The summed E-state index contributed by atoms with van der Waals surface area (Å²) in [4.78, 5) is 2.18. The van der Waals surface area contributed by atoms with Crippen molar-refractivity contribution in [2.45, 2.75) is 12.8 Å². The molecule has 1 atom stereocenters. The molecule has 1 N–H and O–H groups in total. The monoisotopic (exact) mass is 193 g/mol. The molecule has 1 aliphatic rings. The van der Waals surface area contributed by atoms with Crippen LogP contribution in [0, 0.1) is 5.92 Å². The zero-order valence-corrected chi connectivity index (χ0v) is 8.05. The largest absolute Gasteiger partial charge is 0.306 e. The number of rotatable bonds is 3. The lowest BCUT2D eigenvalue weighted by atomic mass is 10.1. The second-order valence-electron chi connectivity index (χ2n) is 3.49. The van der Waals surface area contributed by atoms with E-state index < -0.39 is 10.1 Å². The molecule has 0 aromatic rings. The molecule has 1 saturated heterocycles. The molecule has 0 spiro atoms. The second kappa shape index (κ2) is 3.72. The van der Waals surface area contributed by atoms with Crippen LogP contribution in [0.4, 0.5) is 0 Å². The maximum Gasteiger partial charge on any atom is 0.264 e. The molecule has 5 heteroatoms. The zero-order chi connectivity index (χ0) is 9.19. The van der Waals surface area contributed by atoms with Crippen molar-refractivity contribution >= 4 is 10.1 Å². The van der Waals surface area contributed by atoms with Gasteiger partial charge in [-0.15, -0.1) is 0 Å². The molecule has 0 aliphatic carbocycles. The van der Waals surface area contributed by atoms with Gasteiger partial charge in [0.15, 0.2) is 0 Å². The summed E-state index contributed by atoms with van der Waals surface area (Å²) in [6, 6.07) is 0. The van der Waals surface area contributed by atoms with E-state index >= 15 is 0 Å². The summed E-state index contributed by atoms with van der Waals surface area (Å²) in [6.07, 6.45) is 1.63. The molecule has 0 bridgehead atoms. The highest BCUT2D eigenvalue weighted by atomic mass is 32.2. The van der Waals surface area contributed by atoms with Gasteiger partial charge in [0.05, 0.1) is 5.75 Å². The summed E-state index contributed by atoms with van der Waals surface area (Å²) >= 11 is 0. The van der Waals surface area contributed by atoms with Crippen LogP contribution in [0.3, 0.4) is 0 Å². The lowest BCUT2D eigenvalue weighted by Gasteiger charge is -2.08. The Morgan fingerprint density at radius 3 is 2.67 bits per heavy atom. The van der Waals surface area contributed by atoms with Gasteiger partial charge >= 0.3 is 0 Å². The molecule has 1 heterocycles. The molecule has 0 saturated carbocycles. The van der Waals surface area contributed by atoms with Gasteiger partial charge in [0.1, 0.15) is 0 Å². The van der Waals surface area contributed by atoms with Crippen LogP contribution in [-0.4, -0.2) is 43.8 Å². The van der Waals surface area contributed by atoms with Crippen molar-refractivity contribution in [2.75, 3.05) is 25.9 Å². The zero-order valence-electron chi connectivity index (χ0n) is 7.23. The molecular weight excluding hydrogens is 178 g/mol. The van der Waals surface area contributed by atoms with Crippen LogP contribution >= 0.6 is 0 Å². The maximum atomic E-state index is 10.4. The Hall–Kier alpha value is -0.130. The molecular formula is C7H15NO3S. The molecule has 12 heavy (non-hydrogen) atoms. The van der Waals surface area contributed by atoms with E-state index in [2.05, 4.69) is 4.90 Å². The summed E-state index contributed by atoms with van der Waals surface area (Å²) in [7, 11) is -1.73. The fourth-order valence-electron chi connectivity index (χ4n) is 1.58. The van der Waals surface area contributed by atoms with Gasteiger partial charge in [0.25, 0.3) is 10.1 Å². The van der Waals surface area contributed by atoms with Gasteiger partial charge in [0.2, 0.25) is 0 Å². The Kier molecular flexibility index (Phi) is 3.09. The summed E-state index contributed by atoms with van der Waals surface area (Å²) in [5, 5.41) is 0. The molecule has 1 aliphatic heterocycles. The number of likely N-dealkylation sites (tertiary alicyclic amines) is 1. The molecule has 72 valence electrons. The van der Waals surface area contributed by atoms with Gasteiger partial charge in [-0.2, -0.15) is 8.42 Å². The number of hydrogen-bond acceptors (Lipinski definition) is 3. The molecule has 1 fully saturated rings. The molecule has 0 aromatic heterocycles. The van der Waals surface area contributed by atoms with Crippen LogP contribution in [-0.2, 0) is 10.1 Å². The highest BCUT2D eigenvalue weighted by Crippen LogP contribution is 2.18. The van der Waals surface area contributed by atoms with Gasteiger partial charge in [-0.3, -0.25) is 4.55 Å². The van der Waals surface area contributed by atoms with Gasteiger partial charge in [0, 0.05) is 6.54 Å². The fourth-order valence-corrected chi connectivity index (χ4v) is 2.21. The van der Waals surface area contributed by atoms with E-state index in [1.54, 1.807) is 0 Å². The Labute approximate surface area is 73.3 Å². The summed E-state index contributed by atoms with van der Waals surface area (Å²) < 4.78 is 29.3. The van der Waals surface area contributed by atoms with Gasteiger partial charge in [-0.25, -0.2) is 0 Å². The van der Waals surface area contributed by atoms with Crippen molar-refractivity contribution in [1.82, 2.24) is 4.90 Å². The third kappa shape index (κ3) is 3.51. The van der Waals surface area contributed by atoms with E-state index in [9.17, 15) is 8.42 Å². The SMILES string of the molecule is CN1CCC(CCS(=O)(=O)O)C1. The third-order valence-corrected chi connectivity index (χ3v) is 3.02. The first-order chi connectivity index (χ1) is 5.47. The number of nitrogens with zero attached hydrogens (tertiary/aromatic N) is 1. The van der Waals surface area contributed by atoms with E-state index in [0.717, 1.165) is 19.5 Å². The number of hydrogen-bond donors (Lipinski definition) is 1. The summed E-state index contributed by atoms with van der Waals surface area (Å²) in [5.74, 6) is 0.350. The van der Waals surface area contributed by atoms with Crippen LogP contribution < -0.4 is 0 Å². The van der Waals surface area contributed by atoms with Crippen LogP contribution in [0.25, 0.3) is 0 Å². The Morgan fingerprint density at radius 1 is 1.58 bits per heavy atom. The quantitative estimate of drug-likeness (QED) is 0.651. The first-order valence-corrected chi connectivity index (χ1v) is 5.72. The van der Waals surface area contributed by atoms with Crippen molar-refractivity contribution < 1.29 is 13.0 Å². The average molecular weight is 193 g/mol. The van der Waals surface area contributed by atoms with E-state index in [4.69, 9.17) is 4.55 Å². The standard InChI is InChI=1S/C7H15NO3S/c1-8-4-2-7(6-8)3-5-12(9,10)11/h7H,2-6H2,1H3,(H,9,10,11). The minimum atomic E-state index is -3.75. The molecule has 1 rings (SSSR count). The average Bonchev–Trinajstić information content (AvgIpc) is 2.30. The van der Waals surface area contributed by atoms with E-state index in [-0.39, 0.29) is 5.75 Å². The Balaban J connectivity index is 2.25. The van der Waals surface area contributed by atoms with E-state index in [1.165, 1.54) is 0 Å². The van der Waals surface area contributed by atoms with Crippen molar-refractivity contribution in [3.63, 3.8) is 0 Å². The molecule has 0 radical (unpaired) electrons. The topological polar surface area (TPSA) is 57.6 Å². The van der Waals surface area contributed by atoms with Crippen molar-refractivity contribution in [3.8, 4) is 0 Å². The minimum Gasteiger partial charge on any atom is -0.306 e. The summed E-state index contributed by atoms with van der Waals surface area (Å²) in [5.41, 5.74) is 0. The predicted octanol–water partition coefficient (Wildman–Crippen LogP) is 0.216. The normalized spacial score (nSPS) is 26.3. The predicted molar refractivity (Wildman–Crippen MR) is 46.6 cm³/mol. The fraction of sp³-hybridized carbons (Fsp3) is 1.00. The molecule has 0 aromatic carbocycles. The van der Waals surface area contributed by atoms with Gasteiger partial charge in [-0.1, -0.05) is 0 Å². The first-order valence-electron chi connectivity index (χ1n) is 4.11. The van der Waals surface area contributed by atoms with Crippen LogP contribution in [0.5, 0.6) is 0 Å². The second-order valence-corrected chi connectivity index (χ2v) is 5.06. The van der Waals surface area contributed by atoms with Crippen molar-refractivity contribution in [3.05, 3.63) is 0 Å². The smallest absolute Gasteiger partial charge is 0.264 e. The maximum absolute atomic E-state index is 10.4. The van der Waals surface area contributed by atoms with E-state index in [1.807, 2.05) is 7.05 Å². The summed E-state index contributed by atoms with van der Waals surface area (Å²) in [6.45, 7) is 1.99. The lowest BCUT2D eigenvalue weighted by molar-refractivity contribution is 0.390. The molecule has 4 nitrogen and oxygen atoms in total. The third-order valence-electron chi connectivity index (χ3n) is 2.27. The highest BCUT2D eigenvalue weighted by Gasteiger charge is 2.20. The van der Waals surface area contributed by atoms with Gasteiger partial charge in [-0.05, 0) is 32.4 Å². The van der Waals surface area contributed by atoms with Gasteiger partial charge < -0.3 is 4.90 Å². The van der Waals surface area contributed by atoms with E-state index in [0.29, 0.717) is 12.3 Å². The van der Waals surface area contributed by atoms with Crippen LogP contribution in [0.15, 0.2) is 0 Å². The van der Waals surface area contributed by atoms with Crippen LogP contribution in [0.2, 0.25) is 0 Å². The minimum absolute atomic E-state index is 0.0918. The van der Waals surface area contributed by atoms with Crippen molar-refractivity contribution in [2.24, 2.45) is 5.92 Å². The Morgan fingerprint density at radius 2 is 2.25 bits per heavy atom. The van der Waals surface area contributed by atoms with Crippen molar-refractivity contribution in [1.29, 1.82) is 0 Å². The lowest BCUT2D eigenvalue weighted by Crippen LogP contribution is -2.16. The molecule has 1 unspecified atom stereocenters. The first kappa shape index (κ1) is 9.95. The highest BCUT2D eigenvalue weighted by molar-refractivity contribution is 7.85. The Bertz CT molecular complexity index is 237. The molecule has 0 amide bonds.